The van der Waals surface area contributed by atoms with Crippen LogP contribution in [0.15, 0.2) is 0 Å². The molecule has 0 heterocycles. The van der Waals surface area contributed by atoms with E-state index in [2.05, 4.69) is 37.8 Å². The molecule has 0 aromatic heterocycles. The number of unbranched alkanes of at least 4 members (excludes halogenated alkanes) is 7. The summed E-state index contributed by atoms with van der Waals surface area (Å²) in [5.74, 6) is 0.968. The fraction of sp³-hybridized carbons (Fsp3) is 1.00. The monoisotopic (exact) mass is 318 g/mol. The zero-order chi connectivity index (χ0) is 15.1. The van der Waals surface area contributed by atoms with Crippen LogP contribution in [0.3, 0.4) is 0 Å². The fourth-order valence-corrected chi connectivity index (χ4v) is 5.40. The lowest BCUT2D eigenvalue weighted by atomic mass is 9.90. The Morgan fingerprint density at radius 3 is 1.65 bits per heavy atom. The first-order valence-corrected chi connectivity index (χ1v) is 11.6. The van der Waals surface area contributed by atoms with Gasteiger partial charge < -0.3 is 0 Å². The molecule has 0 radical (unpaired) electrons. The summed E-state index contributed by atoms with van der Waals surface area (Å²) in [6.07, 6.45) is 19.4. The van der Waals surface area contributed by atoms with Crippen molar-refractivity contribution < 1.29 is 0 Å². The maximum absolute atomic E-state index is 2.38. The SMILES string of the molecule is CCCCCCCC(CCCCCC)C(CC)SSC. The summed E-state index contributed by atoms with van der Waals surface area (Å²) in [5.41, 5.74) is 0. The van der Waals surface area contributed by atoms with Crippen molar-refractivity contribution >= 4 is 21.6 Å². The average Bonchev–Trinajstić information content (AvgIpc) is 2.47. The van der Waals surface area contributed by atoms with Gasteiger partial charge in [0, 0.05) is 5.25 Å². The third-order valence-corrected chi connectivity index (χ3v) is 6.73. The standard InChI is InChI=1S/C18H38S2/c1-5-8-10-12-14-16-17(15-13-11-9-6-2)18(7-3)20-19-4/h17-18H,5-16H2,1-4H3. The van der Waals surface area contributed by atoms with Crippen LogP contribution in [0.2, 0.25) is 0 Å². The predicted octanol–water partition coefficient (Wildman–Crippen LogP) is 7.72. The lowest BCUT2D eigenvalue weighted by Gasteiger charge is -2.25. The molecule has 0 N–H and O–H groups in total. The number of rotatable bonds is 15. The molecule has 0 rings (SSSR count). The van der Waals surface area contributed by atoms with E-state index in [-0.39, 0.29) is 0 Å². The van der Waals surface area contributed by atoms with E-state index in [1.807, 2.05) is 10.8 Å². The maximum Gasteiger partial charge on any atom is 0.0177 e. The van der Waals surface area contributed by atoms with Crippen LogP contribution < -0.4 is 0 Å². The van der Waals surface area contributed by atoms with Crippen molar-refractivity contribution in [3.63, 3.8) is 0 Å². The van der Waals surface area contributed by atoms with Crippen molar-refractivity contribution in [2.24, 2.45) is 5.92 Å². The van der Waals surface area contributed by atoms with Gasteiger partial charge in [-0.3, -0.25) is 0 Å². The van der Waals surface area contributed by atoms with Gasteiger partial charge in [-0.1, -0.05) is 100 Å². The van der Waals surface area contributed by atoms with Gasteiger partial charge in [-0.05, 0) is 31.4 Å². The zero-order valence-electron chi connectivity index (χ0n) is 14.5. The van der Waals surface area contributed by atoms with Crippen LogP contribution in [0, 0.1) is 5.92 Å². The fourth-order valence-electron chi connectivity index (χ4n) is 2.96. The van der Waals surface area contributed by atoms with Gasteiger partial charge in [0.25, 0.3) is 0 Å². The third kappa shape index (κ3) is 11.4. The van der Waals surface area contributed by atoms with E-state index in [0.717, 1.165) is 11.2 Å². The second kappa shape index (κ2) is 16.1. The molecule has 0 aromatic rings. The molecule has 0 bridgehead atoms. The minimum absolute atomic E-state index is 0.887. The summed E-state index contributed by atoms with van der Waals surface area (Å²) in [6.45, 7) is 6.99. The zero-order valence-corrected chi connectivity index (χ0v) is 16.1. The molecule has 0 saturated carbocycles. The van der Waals surface area contributed by atoms with E-state index in [4.69, 9.17) is 0 Å². The van der Waals surface area contributed by atoms with Crippen molar-refractivity contribution in [2.45, 2.75) is 103 Å². The molecular weight excluding hydrogens is 280 g/mol. The van der Waals surface area contributed by atoms with Crippen LogP contribution in [-0.2, 0) is 0 Å². The molecule has 0 spiro atoms. The topological polar surface area (TPSA) is 0 Å². The van der Waals surface area contributed by atoms with Crippen LogP contribution in [0.1, 0.15) is 97.8 Å². The second-order valence-corrected chi connectivity index (χ2v) is 8.73. The molecule has 2 unspecified atom stereocenters. The predicted molar refractivity (Wildman–Crippen MR) is 101 cm³/mol. The normalized spacial score (nSPS) is 14.4. The summed E-state index contributed by atoms with van der Waals surface area (Å²) >= 11 is 0. The van der Waals surface area contributed by atoms with E-state index >= 15 is 0 Å². The van der Waals surface area contributed by atoms with Gasteiger partial charge in [0.15, 0.2) is 0 Å². The summed E-state index contributed by atoms with van der Waals surface area (Å²) in [6, 6.07) is 0. The summed E-state index contributed by atoms with van der Waals surface area (Å²) in [7, 11) is 4.10. The highest BCUT2D eigenvalue weighted by Crippen LogP contribution is 2.36. The second-order valence-electron chi connectivity index (χ2n) is 6.02. The molecular formula is C18H38S2. The third-order valence-electron chi connectivity index (χ3n) is 4.25. The molecule has 0 saturated heterocycles. The summed E-state index contributed by atoms with van der Waals surface area (Å²) in [5, 5.41) is 0.887. The molecule has 0 aromatic carbocycles. The van der Waals surface area contributed by atoms with Crippen LogP contribution in [0.4, 0.5) is 0 Å². The van der Waals surface area contributed by atoms with Crippen molar-refractivity contribution in [1.29, 1.82) is 0 Å². The smallest absolute Gasteiger partial charge is 0.0177 e. The Kier molecular flexibility index (Phi) is 16.6. The minimum Gasteiger partial charge on any atom is -0.0973 e. The molecule has 0 fully saturated rings. The van der Waals surface area contributed by atoms with E-state index in [0.29, 0.717) is 0 Å². The maximum atomic E-state index is 2.38. The molecule has 0 aliphatic rings. The first kappa shape index (κ1) is 20.7. The lowest BCUT2D eigenvalue weighted by molar-refractivity contribution is 0.389. The van der Waals surface area contributed by atoms with Gasteiger partial charge in [0.1, 0.15) is 0 Å². The van der Waals surface area contributed by atoms with E-state index in [1.54, 1.807) is 0 Å². The van der Waals surface area contributed by atoms with E-state index in [9.17, 15) is 0 Å². The van der Waals surface area contributed by atoms with Crippen molar-refractivity contribution in [3.8, 4) is 0 Å². The first-order chi connectivity index (χ1) is 9.79. The van der Waals surface area contributed by atoms with Gasteiger partial charge in [0.2, 0.25) is 0 Å². The minimum atomic E-state index is 0.887. The molecule has 0 amide bonds. The summed E-state index contributed by atoms with van der Waals surface area (Å²) in [4.78, 5) is 0. The Labute approximate surface area is 137 Å². The Bertz CT molecular complexity index is 182. The Morgan fingerprint density at radius 2 is 1.20 bits per heavy atom. The molecule has 122 valence electrons. The molecule has 0 aliphatic heterocycles. The molecule has 2 atom stereocenters. The Balaban J connectivity index is 4.01. The van der Waals surface area contributed by atoms with Crippen molar-refractivity contribution in [2.75, 3.05) is 6.26 Å². The van der Waals surface area contributed by atoms with Crippen molar-refractivity contribution in [1.82, 2.24) is 0 Å². The van der Waals surface area contributed by atoms with E-state index < -0.39 is 0 Å². The Morgan fingerprint density at radius 1 is 0.700 bits per heavy atom. The Hall–Kier alpha value is 0.700. The molecule has 20 heavy (non-hydrogen) atoms. The van der Waals surface area contributed by atoms with Crippen LogP contribution in [-0.4, -0.2) is 11.5 Å². The quantitative estimate of drug-likeness (QED) is 0.224. The molecule has 0 nitrogen and oxygen atoms in total. The van der Waals surface area contributed by atoms with Gasteiger partial charge in [-0.25, -0.2) is 0 Å². The highest BCUT2D eigenvalue weighted by Gasteiger charge is 2.19. The number of hydrogen-bond acceptors (Lipinski definition) is 2. The lowest BCUT2D eigenvalue weighted by Crippen LogP contribution is -2.16. The van der Waals surface area contributed by atoms with Gasteiger partial charge >= 0.3 is 0 Å². The number of hydrogen-bond donors (Lipinski definition) is 0. The van der Waals surface area contributed by atoms with E-state index in [1.165, 1.54) is 77.0 Å². The highest BCUT2D eigenvalue weighted by atomic mass is 33.1. The van der Waals surface area contributed by atoms with Crippen LogP contribution >= 0.6 is 21.6 Å². The largest absolute Gasteiger partial charge is 0.0973 e. The van der Waals surface area contributed by atoms with Crippen LogP contribution in [0.25, 0.3) is 0 Å². The van der Waals surface area contributed by atoms with Crippen LogP contribution in [0.5, 0.6) is 0 Å². The van der Waals surface area contributed by atoms with Gasteiger partial charge in [0.05, 0.1) is 0 Å². The summed E-state index contributed by atoms with van der Waals surface area (Å²) < 4.78 is 0. The van der Waals surface area contributed by atoms with Gasteiger partial charge in [-0.15, -0.1) is 0 Å². The van der Waals surface area contributed by atoms with Gasteiger partial charge in [-0.2, -0.15) is 0 Å². The average molecular weight is 319 g/mol. The first-order valence-electron chi connectivity index (χ1n) is 8.99. The highest BCUT2D eigenvalue weighted by molar-refractivity contribution is 8.76. The molecule has 2 heteroatoms. The molecule has 0 aliphatic carbocycles. The van der Waals surface area contributed by atoms with Crippen molar-refractivity contribution in [3.05, 3.63) is 0 Å².